The molecule has 3 heteroatoms. The molecule has 3 nitrogen and oxygen atoms in total. The van der Waals surface area contributed by atoms with Gasteiger partial charge in [0.1, 0.15) is 0 Å². The van der Waals surface area contributed by atoms with E-state index in [0.717, 1.165) is 19.0 Å². The van der Waals surface area contributed by atoms with Crippen LogP contribution in [0.5, 0.6) is 0 Å². The quantitative estimate of drug-likeness (QED) is 0.769. The number of carbonyl (C=O) groups is 1. The van der Waals surface area contributed by atoms with Crippen LogP contribution in [0.4, 0.5) is 0 Å². The van der Waals surface area contributed by atoms with Gasteiger partial charge in [-0.25, -0.2) is 0 Å². The van der Waals surface area contributed by atoms with Gasteiger partial charge in [0.25, 0.3) is 0 Å². The van der Waals surface area contributed by atoms with E-state index in [1.54, 1.807) is 0 Å². The van der Waals surface area contributed by atoms with Crippen molar-refractivity contribution in [3.05, 3.63) is 0 Å². The molecule has 0 aromatic heterocycles. The Labute approximate surface area is 105 Å². The lowest BCUT2D eigenvalue weighted by Gasteiger charge is -2.30. The van der Waals surface area contributed by atoms with Crippen molar-refractivity contribution in [2.75, 3.05) is 20.1 Å². The highest BCUT2D eigenvalue weighted by atomic mass is 16.2. The Morgan fingerprint density at radius 3 is 2.47 bits per heavy atom. The highest BCUT2D eigenvalue weighted by Crippen LogP contribution is 2.31. The molecule has 2 aliphatic carbocycles. The van der Waals surface area contributed by atoms with Crippen molar-refractivity contribution >= 4 is 5.91 Å². The zero-order valence-corrected chi connectivity index (χ0v) is 11.1. The molecule has 0 unspecified atom stereocenters. The fraction of sp³-hybridized carbons (Fsp3) is 0.929. The summed E-state index contributed by atoms with van der Waals surface area (Å²) >= 11 is 0. The van der Waals surface area contributed by atoms with Gasteiger partial charge in [-0.2, -0.15) is 0 Å². The molecule has 0 atom stereocenters. The van der Waals surface area contributed by atoms with Crippen molar-refractivity contribution in [3.8, 4) is 0 Å². The number of amides is 1. The minimum Gasteiger partial charge on any atom is -0.339 e. The van der Waals surface area contributed by atoms with Gasteiger partial charge in [0.2, 0.25) is 5.91 Å². The number of nitrogens with zero attached hydrogens (tertiary/aromatic N) is 1. The lowest BCUT2D eigenvalue weighted by Crippen LogP contribution is -2.38. The number of rotatable bonds is 6. The first-order valence-corrected chi connectivity index (χ1v) is 7.25. The summed E-state index contributed by atoms with van der Waals surface area (Å²) < 4.78 is 0. The van der Waals surface area contributed by atoms with Crippen LogP contribution < -0.4 is 5.32 Å². The molecule has 0 bridgehead atoms. The predicted octanol–water partition coefficient (Wildman–Crippen LogP) is 2.17. The van der Waals surface area contributed by atoms with E-state index in [4.69, 9.17) is 0 Å². The van der Waals surface area contributed by atoms with E-state index in [1.165, 1.54) is 44.9 Å². The first-order chi connectivity index (χ1) is 8.31. The second-order valence-corrected chi connectivity index (χ2v) is 5.63. The van der Waals surface area contributed by atoms with Crippen molar-refractivity contribution in [1.82, 2.24) is 10.2 Å². The normalized spacial score (nSPS) is 21.5. The maximum Gasteiger partial charge on any atom is 0.224 e. The van der Waals surface area contributed by atoms with Crippen LogP contribution in [-0.2, 0) is 4.79 Å². The Hall–Kier alpha value is -0.570. The Balaban J connectivity index is 1.81. The number of carbonyl (C=O) groups excluding carboxylic acids is 1. The Kier molecular flexibility index (Phi) is 4.84. The van der Waals surface area contributed by atoms with Crippen LogP contribution in [-0.4, -0.2) is 37.0 Å². The Morgan fingerprint density at radius 1 is 1.18 bits per heavy atom. The first-order valence-electron chi connectivity index (χ1n) is 7.25. The smallest absolute Gasteiger partial charge is 0.224 e. The molecule has 2 rings (SSSR count). The molecule has 0 radical (unpaired) electrons. The third-order valence-electron chi connectivity index (χ3n) is 4.08. The minimum atomic E-state index is 0.368. The first kappa shape index (κ1) is 12.9. The Bertz CT molecular complexity index is 245. The molecule has 0 heterocycles. The highest BCUT2D eigenvalue weighted by molar-refractivity contribution is 5.77. The lowest BCUT2D eigenvalue weighted by atomic mass is 9.89. The lowest BCUT2D eigenvalue weighted by molar-refractivity contribution is -0.132. The van der Waals surface area contributed by atoms with Crippen LogP contribution in [0.1, 0.15) is 51.4 Å². The molecule has 1 amide bonds. The summed E-state index contributed by atoms with van der Waals surface area (Å²) in [5.41, 5.74) is 0. The third-order valence-corrected chi connectivity index (χ3v) is 4.08. The molecule has 98 valence electrons. The highest BCUT2D eigenvalue weighted by Gasteiger charge is 2.33. The fourth-order valence-corrected chi connectivity index (χ4v) is 2.86. The summed E-state index contributed by atoms with van der Waals surface area (Å²) in [5.74, 6) is 1.15. The van der Waals surface area contributed by atoms with E-state index in [1.807, 2.05) is 7.05 Å². The van der Waals surface area contributed by atoms with E-state index in [9.17, 15) is 4.79 Å². The van der Waals surface area contributed by atoms with Gasteiger partial charge >= 0.3 is 0 Å². The van der Waals surface area contributed by atoms with Gasteiger partial charge in [-0.3, -0.25) is 4.79 Å². The van der Waals surface area contributed by atoms with Gasteiger partial charge in [-0.15, -0.1) is 0 Å². The van der Waals surface area contributed by atoms with Gasteiger partial charge in [-0.1, -0.05) is 19.3 Å². The molecule has 0 aromatic carbocycles. The fourth-order valence-electron chi connectivity index (χ4n) is 2.86. The SMILES string of the molecule is CNCCC(=O)N(CC1CCCCC1)C1CC1. The number of nitrogens with one attached hydrogen (secondary N) is 1. The summed E-state index contributed by atoms with van der Waals surface area (Å²) in [6, 6.07) is 0.585. The van der Waals surface area contributed by atoms with Gasteiger partial charge in [0.05, 0.1) is 0 Å². The van der Waals surface area contributed by atoms with Gasteiger partial charge in [-0.05, 0) is 38.6 Å². The second kappa shape index (κ2) is 6.39. The van der Waals surface area contributed by atoms with E-state index >= 15 is 0 Å². The van der Waals surface area contributed by atoms with Crippen molar-refractivity contribution in [2.45, 2.75) is 57.4 Å². The molecular formula is C14H26N2O. The summed E-state index contributed by atoms with van der Waals surface area (Å²) in [6.45, 7) is 1.85. The van der Waals surface area contributed by atoms with Crippen molar-refractivity contribution in [3.63, 3.8) is 0 Å². The molecule has 2 saturated carbocycles. The largest absolute Gasteiger partial charge is 0.339 e. The topological polar surface area (TPSA) is 32.3 Å². The molecule has 0 saturated heterocycles. The second-order valence-electron chi connectivity index (χ2n) is 5.63. The molecule has 17 heavy (non-hydrogen) atoms. The molecule has 2 aliphatic rings. The van der Waals surface area contributed by atoms with Gasteiger partial charge in [0.15, 0.2) is 0 Å². The molecule has 2 fully saturated rings. The summed E-state index contributed by atoms with van der Waals surface area (Å²) in [4.78, 5) is 14.3. The number of hydrogen-bond acceptors (Lipinski definition) is 2. The van der Waals surface area contributed by atoms with E-state index in [-0.39, 0.29) is 0 Å². The molecule has 0 aromatic rings. The van der Waals surface area contributed by atoms with Crippen LogP contribution in [0.15, 0.2) is 0 Å². The van der Waals surface area contributed by atoms with Crippen molar-refractivity contribution in [2.24, 2.45) is 5.92 Å². The maximum absolute atomic E-state index is 12.1. The van der Waals surface area contributed by atoms with E-state index in [0.29, 0.717) is 18.4 Å². The van der Waals surface area contributed by atoms with E-state index in [2.05, 4.69) is 10.2 Å². The van der Waals surface area contributed by atoms with Gasteiger partial charge in [0, 0.05) is 25.6 Å². The van der Waals surface area contributed by atoms with Crippen LogP contribution in [0, 0.1) is 5.92 Å². The van der Waals surface area contributed by atoms with Crippen molar-refractivity contribution in [1.29, 1.82) is 0 Å². The zero-order valence-electron chi connectivity index (χ0n) is 11.1. The van der Waals surface area contributed by atoms with Crippen LogP contribution in [0.25, 0.3) is 0 Å². The standard InChI is InChI=1S/C14H26N2O/c1-15-10-9-14(17)16(13-7-8-13)11-12-5-3-2-4-6-12/h12-13,15H,2-11H2,1H3. The molecule has 1 N–H and O–H groups in total. The monoisotopic (exact) mass is 238 g/mol. The molecule has 0 aliphatic heterocycles. The summed E-state index contributed by atoms with van der Waals surface area (Å²) in [5, 5.41) is 3.07. The van der Waals surface area contributed by atoms with Crippen LogP contribution in [0.3, 0.4) is 0 Å². The average Bonchev–Trinajstić information content (AvgIpc) is 3.18. The Morgan fingerprint density at radius 2 is 1.88 bits per heavy atom. The number of hydrogen-bond donors (Lipinski definition) is 1. The average molecular weight is 238 g/mol. The predicted molar refractivity (Wildman–Crippen MR) is 69.9 cm³/mol. The minimum absolute atomic E-state index is 0.368. The third kappa shape index (κ3) is 3.98. The molecule has 0 spiro atoms. The zero-order chi connectivity index (χ0) is 12.1. The summed E-state index contributed by atoms with van der Waals surface area (Å²) in [7, 11) is 1.91. The van der Waals surface area contributed by atoms with Crippen LogP contribution >= 0.6 is 0 Å². The van der Waals surface area contributed by atoms with Gasteiger partial charge < -0.3 is 10.2 Å². The van der Waals surface area contributed by atoms with Crippen molar-refractivity contribution < 1.29 is 4.79 Å². The maximum atomic E-state index is 12.1. The molecular weight excluding hydrogens is 212 g/mol. The summed E-state index contributed by atoms with van der Waals surface area (Å²) in [6.07, 6.45) is 9.94. The van der Waals surface area contributed by atoms with Crippen LogP contribution in [0.2, 0.25) is 0 Å². The van der Waals surface area contributed by atoms with E-state index < -0.39 is 0 Å².